The second-order valence-corrected chi connectivity index (χ2v) is 4.67. The number of hydroxylamine groups is 1. The molecule has 0 radical (unpaired) electrons. The summed E-state index contributed by atoms with van der Waals surface area (Å²) < 4.78 is 0. The first-order chi connectivity index (χ1) is 10.1. The Hall–Kier alpha value is -2.71. The predicted molar refractivity (Wildman–Crippen MR) is 74.3 cm³/mol. The lowest BCUT2D eigenvalue weighted by Crippen LogP contribution is -2.33. The van der Waals surface area contributed by atoms with E-state index in [9.17, 15) is 15.3 Å². The summed E-state index contributed by atoms with van der Waals surface area (Å²) >= 11 is 0. The van der Waals surface area contributed by atoms with Gasteiger partial charge >= 0.3 is 0 Å². The lowest BCUT2D eigenvalue weighted by Gasteiger charge is -2.23. The third-order valence-corrected chi connectivity index (χ3v) is 3.30. The van der Waals surface area contributed by atoms with Crippen molar-refractivity contribution in [3.8, 4) is 0 Å². The maximum atomic E-state index is 11.9. The normalized spacial score (nSPS) is 21.2. The summed E-state index contributed by atoms with van der Waals surface area (Å²) in [5.74, 6) is 0. The number of hydrogen-bond acceptors (Lipinski definition) is 6. The highest BCUT2D eigenvalue weighted by atomic mass is 16.6. The van der Waals surface area contributed by atoms with Crippen molar-refractivity contribution in [2.45, 2.75) is 31.7 Å². The molecule has 1 aromatic rings. The molecule has 1 aliphatic rings. The number of nitrogens with one attached hydrogen (secondary N) is 1. The predicted octanol–water partition coefficient (Wildman–Crippen LogP) is 2.66. The van der Waals surface area contributed by atoms with Crippen LogP contribution >= 0.6 is 0 Å². The summed E-state index contributed by atoms with van der Waals surface area (Å²) in [6.45, 7) is 0. The second-order valence-electron chi connectivity index (χ2n) is 4.67. The number of benzene rings is 1. The molecule has 0 aliphatic heterocycles. The van der Waals surface area contributed by atoms with E-state index < -0.39 is 11.0 Å². The van der Waals surface area contributed by atoms with E-state index in [2.05, 4.69) is 15.8 Å². The molecule has 2 rings (SSSR count). The Kier molecular flexibility index (Phi) is 4.64. The SMILES string of the molecule is O=[N+]([O-])c1ccc(N/N=[N+](\[O-])[C@H]2CCCC/C2=N/O)cc1. The van der Waals surface area contributed by atoms with E-state index in [0.29, 0.717) is 29.1 Å². The van der Waals surface area contributed by atoms with E-state index in [1.165, 1.54) is 24.3 Å². The van der Waals surface area contributed by atoms with Crippen LogP contribution in [0.3, 0.4) is 0 Å². The van der Waals surface area contributed by atoms with Gasteiger partial charge in [-0.15, -0.1) is 5.43 Å². The first-order valence-corrected chi connectivity index (χ1v) is 6.50. The van der Waals surface area contributed by atoms with Crippen molar-refractivity contribution in [3.05, 3.63) is 39.6 Å². The minimum absolute atomic E-state index is 0.0403. The molecule has 21 heavy (non-hydrogen) atoms. The van der Waals surface area contributed by atoms with Crippen molar-refractivity contribution < 1.29 is 15.0 Å². The molecule has 1 saturated carbocycles. The maximum absolute atomic E-state index is 11.9. The van der Waals surface area contributed by atoms with Gasteiger partial charge in [-0.25, -0.2) is 0 Å². The molecule has 0 saturated heterocycles. The highest BCUT2D eigenvalue weighted by Gasteiger charge is 2.25. The quantitative estimate of drug-likeness (QED) is 0.290. The number of non-ortho nitro benzene ring substituents is 1. The summed E-state index contributed by atoms with van der Waals surface area (Å²) in [4.78, 5) is 10.5. The van der Waals surface area contributed by atoms with Crippen LogP contribution in [0.2, 0.25) is 0 Å². The average Bonchev–Trinajstić information content (AvgIpc) is 2.52. The fourth-order valence-corrected chi connectivity index (χ4v) is 2.17. The summed E-state index contributed by atoms with van der Waals surface area (Å²) in [7, 11) is 0. The number of anilines is 1. The number of rotatable bonds is 4. The van der Waals surface area contributed by atoms with Gasteiger partial charge < -0.3 is 10.4 Å². The molecular weight excluding hydrogens is 278 g/mol. The highest BCUT2D eigenvalue weighted by Crippen LogP contribution is 2.19. The van der Waals surface area contributed by atoms with Crippen LogP contribution in [0.25, 0.3) is 0 Å². The van der Waals surface area contributed by atoms with Gasteiger partial charge in [0.25, 0.3) is 5.69 Å². The molecular formula is C12H15N5O4. The zero-order valence-electron chi connectivity index (χ0n) is 11.2. The van der Waals surface area contributed by atoms with Crippen molar-refractivity contribution in [2.75, 3.05) is 5.43 Å². The van der Waals surface area contributed by atoms with Crippen molar-refractivity contribution >= 4 is 17.1 Å². The summed E-state index contributed by atoms with van der Waals surface area (Å²) in [5, 5.41) is 38.1. The molecule has 0 aromatic heterocycles. The van der Waals surface area contributed by atoms with Crippen LogP contribution in [-0.4, -0.2) is 26.7 Å². The Labute approximate surface area is 120 Å². The molecule has 1 fully saturated rings. The lowest BCUT2D eigenvalue weighted by atomic mass is 9.94. The summed E-state index contributed by atoms with van der Waals surface area (Å²) in [6, 6.07) is 4.96. The number of nitro groups is 1. The van der Waals surface area contributed by atoms with Crippen molar-refractivity contribution in [1.29, 1.82) is 0 Å². The van der Waals surface area contributed by atoms with Gasteiger partial charge in [-0.2, -0.15) is 4.86 Å². The smallest absolute Gasteiger partial charge is 0.269 e. The summed E-state index contributed by atoms with van der Waals surface area (Å²) in [6.07, 6.45) is 2.91. The fraction of sp³-hybridized carbons (Fsp3) is 0.417. The van der Waals surface area contributed by atoms with Gasteiger partial charge in [0.05, 0.1) is 10.1 Å². The first kappa shape index (κ1) is 14.7. The molecule has 0 spiro atoms. The van der Waals surface area contributed by atoms with Gasteiger partial charge in [0, 0.05) is 12.1 Å². The molecule has 0 bridgehead atoms. The van der Waals surface area contributed by atoms with Crippen LogP contribution in [0.5, 0.6) is 0 Å². The lowest BCUT2D eigenvalue weighted by molar-refractivity contribution is -0.551. The van der Waals surface area contributed by atoms with E-state index in [1.807, 2.05) is 0 Å². The minimum Gasteiger partial charge on any atom is -0.695 e. The van der Waals surface area contributed by atoms with Gasteiger partial charge in [0.1, 0.15) is 11.4 Å². The van der Waals surface area contributed by atoms with E-state index in [4.69, 9.17) is 5.21 Å². The fourth-order valence-electron chi connectivity index (χ4n) is 2.17. The molecule has 1 atom stereocenters. The van der Waals surface area contributed by atoms with Gasteiger partial charge in [0.15, 0.2) is 6.04 Å². The third-order valence-electron chi connectivity index (χ3n) is 3.30. The van der Waals surface area contributed by atoms with E-state index in [0.717, 1.165) is 12.8 Å². The Bertz CT molecular complexity index is 570. The maximum Gasteiger partial charge on any atom is 0.269 e. The molecule has 9 nitrogen and oxygen atoms in total. The van der Waals surface area contributed by atoms with Crippen molar-refractivity contribution in [1.82, 2.24) is 0 Å². The van der Waals surface area contributed by atoms with Gasteiger partial charge in [-0.1, -0.05) is 5.16 Å². The van der Waals surface area contributed by atoms with Gasteiger partial charge in [-0.05, 0) is 37.8 Å². The van der Waals surface area contributed by atoms with E-state index in [1.54, 1.807) is 0 Å². The van der Waals surface area contributed by atoms with Crippen LogP contribution < -0.4 is 5.43 Å². The molecule has 1 aliphatic carbocycles. The topological polar surface area (TPSA) is 126 Å². The zero-order valence-corrected chi connectivity index (χ0v) is 11.2. The Morgan fingerprint density at radius 2 is 1.95 bits per heavy atom. The second kappa shape index (κ2) is 6.64. The van der Waals surface area contributed by atoms with E-state index >= 15 is 0 Å². The van der Waals surface area contributed by atoms with Crippen LogP contribution in [0.1, 0.15) is 25.7 Å². The first-order valence-electron chi connectivity index (χ1n) is 6.50. The van der Waals surface area contributed by atoms with Gasteiger partial charge in [-0.3, -0.25) is 10.1 Å². The number of hydrogen-bond donors (Lipinski definition) is 2. The van der Waals surface area contributed by atoms with E-state index in [-0.39, 0.29) is 5.69 Å². The van der Waals surface area contributed by atoms with Gasteiger partial charge in [0.2, 0.25) is 0 Å². The zero-order chi connectivity index (χ0) is 15.2. The highest BCUT2D eigenvalue weighted by molar-refractivity contribution is 5.88. The molecule has 112 valence electrons. The molecule has 9 heteroatoms. The van der Waals surface area contributed by atoms with Crippen LogP contribution in [0.15, 0.2) is 34.6 Å². The number of nitro benzene ring substituents is 1. The average molecular weight is 293 g/mol. The van der Waals surface area contributed by atoms with Crippen LogP contribution in [0, 0.1) is 15.3 Å². The Balaban J connectivity index is 2.04. The monoisotopic (exact) mass is 293 g/mol. The van der Waals surface area contributed by atoms with Crippen LogP contribution in [-0.2, 0) is 0 Å². The standard InChI is InChI=1S/C12H15N5O4/c18-14-11-3-1-2-4-12(11)16(19)15-13-9-5-7-10(8-6-9)17(20)21/h5-8,12-13,18H,1-4H2/b14-11-,16-15-/t12-/m0/s1. The summed E-state index contributed by atoms with van der Waals surface area (Å²) in [5.41, 5.74) is 3.37. The number of oxime groups is 1. The van der Waals surface area contributed by atoms with Crippen molar-refractivity contribution in [2.24, 2.45) is 10.4 Å². The molecule has 0 unspecified atom stereocenters. The molecule has 1 aromatic carbocycles. The largest absolute Gasteiger partial charge is 0.695 e. The minimum atomic E-state index is -0.575. The van der Waals surface area contributed by atoms with Crippen molar-refractivity contribution in [3.63, 3.8) is 0 Å². The molecule has 0 amide bonds. The molecule has 0 heterocycles. The Morgan fingerprint density at radius 3 is 2.57 bits per heavy atom. The molecule has 2 N–H and O–H groups in total. The van der Waals surface area contributed by atoms with Crippen LogP contribution in [0.4, 0.5) is 11.4 Å². The third kappa shape index (κ3) is 3.65. The number of nitrogens with zero attached hydrogens (tertiary/aromatic N) is 4. The Morgan fingerprint density at radius 1 is 1.24 bits per heavy atom.